The van der Waals surface area contributed by atoms with Gasteiger partial charge in [0.2, 0.25) is 0 Å². The summed E-state index contributed by atoms with van der Waals surface area (Å²) >= 11 is 0. The van der Waals surface area contributed by atoms with E-state index in [1.165, 1.54) is 7.11 Å². The monoisotopic (exact) mass is 788 g/mol. The van der Waals surface area contributed by atoms with Crippen molar-refractivity contribution in [2.75, 3.05) is 24.4 Å². The van der Waals surface area contributed by atoms with E-state index in [4.69, 9.17) is 23.7 Å². The Morgan fingerprint density at radius 1 is 0.772 bits per heavy atom. The van der Waals surface area contributed by atoms with E-state index in [1.54, 1.807) is 6.92 Å². The molecule has 0 unspecified atom stereocenters. The Kier molecular flexibility index (Phi) is 12.8. The molecule has 4 fully saturated rings. The molecule has 57 heavy (non-hydrogen) atoms. The Balaban J connectivity index is 1.36. The van der Waals surface area contributed by atoms with Crippen molar-refractivity contribution in [1.82, 2.24) is 0 Å². The van der Waals surface area contributed by atoms with E-state index in [0.717, 1.165) is 41.5 Å². The van der Waals surface area contributed by atoms with Crippen LogP contribution in [0.25, 0.3) is 0 Å². The minimum absolute atomic E-state index is 0.00362. The van der Waals surface area contributed by atoms with Gasteiger partial charge in [0, 0.05) is 29.1 Å². The summed E-state index contributed by atoms with van der Waals surface area (Å²) < 4.78 is 29.2. The van der Waals surface area contributed by atoms with Crippen LogP contribution in [0.5, 0.6) is 0 Å². The van der Waals surface area contributed by atoms with Crippen molar-refractivity contribution in [1.29, 1.82) is 0 Å². The molecule has 0 aliphatic heterocycles. The van der Waals surface area contributed by atoms with Crippen molar-refractivity contribution >= 4 is 35.7 Å². The quantitative estimate of drug-likeness (QED) is 0.178. The Morgan fingerprint density at radius 2 is 1.37 bits per heavy atom. The lowest BCUT2D eigenvalue weighted by atomic mass is 9.43. The maximum Gasteiger partial charge on any atom is 0.508 e. The lowest BCUT2D eigenvalue weighted by Gasteiger charge is -2.64. The van der Waals surface area contributed by atoms with Gasteiger partial charge in [0.05, 0.1) is 13.7 Å². The van der Waals surface area contributed by atoms with E-state index >= 15 is 0 Å². The lowest BCUT2D eigenvalue weighted by Crippen LogP contribution is -2.63. The van der Waals surface area contributed by atoms with E-state index in [9.17, 15) is 19.2 Å². The Morgan fingerprint density at radius 3 is 1.95 bits per heavy atom. The van der Waals surface area contributed by atoms with Gasteiger partial charge in [-0.1, -0.05) is 32.9 Å². The zero-order chi connectivity index (χ0) is 41.2. The molecule has 11 nitrogen and oxygen atoms in total. The lowest BCUT2D eigenvalue weighted by molar-refractivity contribution is -0.205. The fraction of sp³-hybridized carbons (Fsp3) is 0.652. The summed E-state index contributed by atoms with van der Waals surface area (Å²) in [5, 5.41) is 6.06. The van der Waals surface area contributed by atoms with E-state index < -0.39 is 36.0 Å². The molecular formula is C46H64N2O9. The van der Waals surface area contributed by atoms with Gasteiger partial charge in [0.25, 0.3) is 0 Å². The molecule has 2 N–H and O–H groups in total. The van der Waals surface area contributed by atoms with Crippen molar-refractivity contribution in [3.05, 3.63) is 58.7 Å². The third kappa shape index (κ3) is 9.07. The molecule has 0 saturated heterocycles. The number of amides is 2. The normalized spacial score (nSPS) is 32.0. The average molecular weight is 789 g/mol. The van der Waals surface area contributed by atoms with Crippen LogP contribution in [0.3, 0.4) is 0 Å². The first-order valence-electron chi connectivity index (χ1n) is 21.1. The minimum atomic E-state index is -0.657. The SMILES string of the molecule is CCOC(=O)O[C@@H]1CC[C@@]2(C)[C@@H](C1)C[C@@H](OC(=O)Nc1cc(C)cc(C)c1)[C@@H]1[C@@H]2C[C@H](OC(=O)Nc2cc(C)cc(C)c2)[C@]2(C)[C@@H]([C@H](C)CCC(=O)OC)CC[C@@H]12. The van der Waals surface area contributed by atoms with E-state index in [-0.39, 0.29) is 59.6 Å². The van der Waals surface area contributed by atoms with Gasteiger partial charge in [-0.25, -0.2) is 14.4 Å². The highest BCUT2D eigenvalue weighted by atomic mass is 16.7. The van der Waals surface area contributed by atoms with Crippen molar-refractivity contribution in [2.45, 2.75) is 131 Å². The van der Waals surface area contributed by atoms with Gasteiger partial charge in [-0.3, -0.25) is 15.4 Å². The molecule has 2 aromatic rings. The summed E-state index contributed by atoms with van der Waals surface area (Å²) in [7, 11) is 1.42. The molecular weight excluding hydrogens is 725 g/mol. The highest BCUT2D eigenvalue weighted by Gasteiger charge is 2.68. The zero-order valence-corrected chi connectivity index (χ0v) is 35.4. The summed E-state index contributed by atoms with van der Waals surface area (Å²) in [6, 6.07) is 11.9. The number of carbonyl (C=O) groups excluding carboxylic acids is 4. The number of hydrogen-bond donors (Lipinski definition) is 2. The zero-order valence-electron chi connectivity index (χ0n) is 35.4. The van der Waals surface area contributed by atoms with Crippen molar-refractivity contribution in [3.8, 4) is 0 Å². The first kappa shape index (κ1) is 42.3. The minimum Gasteiger partial charge on any atom is -0.469 e. The van der Waals surface area contributed by atoms with Crippen LogP contribution in [0.15, 0.2) is 36.4 Å². The molecule has 11 atom stereocenters. The maximum atomic E-state index is 14.0. The average Bonchev–Trinajstić information content (AvgIpc) is 3.48. The summed E-state index contributed by atoms with van der Waals surface area (Å²) in [4.78, 5) is 52.7. The highest BCUT2D eigenvalue weighted by molar-refractivity contribution is 5.85. The van der Waals surface area contributed by atoms with Gasteiger partial charge < -0.3 is 23.7 Å². The van der Waals surface area contributed by atoms with Crippen molar-refractivity contribution < 1.29 is 42.9 Å². The van der Waals surface area contributed by atoms with Crippen LogP contribution in [-0.2, 0) is 28.5 Å². The molecule has 4 aliphatic carbocycles. The van der Waals surface area contributed by atoms with Crippen LogP contribution in [0.4, 0.5) is 25.8 Å². The second-order valence-electron chi connectivity index (χ2n) is 18.1. The molecule has 0 spiro atoms. The summed E-state index contributed by atoms with van der Waals surface area (Å²) in [5.41, 5.74) is 4.90. The molecule has 4 saturated carbocycles. The number of rotatable bonds is 10. The van der Waals surface area contributed by atoms with Crippen molar-refractivity contribution in [2.24, 2.45) is 46.3 Å². The van der Waals surface area contributed by atoms with Crippen molar-refractivity contribution in [3.63, 3.8) is 0 Å². The first-order valence-corrected chi connectivity index (χ1v) is 21.1. The van der Waals surface area contributed by atoms with Gasteiger partial charge in [0.1, 0.15) is 18.3 Å². The summed E-state index contributed by atoms with van der Waals surface area (Å²) in [5.74, 6) is 0.282. The molecule has 0 bridgehead atoms. The maximum absolute atomic E-state index is 14.0. The standard InChI is InChI=1S/C46H64N2O9/c1-10-54-44(52)55-34-15-16-45(7)31(23-34)24-38(56-42(50)47-32-19-26(2)17-27(3)20-32)41-36-13-12-35(30(6)11-14-40(49)53-9)46(36,8)39(25-37(41)45)57-43(51)48-33-21-28(4)18-29(5)22-33/h17-22,30-31,34-39,41H,10-16,23-25H2,1-9H3,(H,47,50)(H,48,51)/t30-,31+,34-,35-,36+,37+,38-,39+,41+,45+,46-/m1/s1. The number of aryl methyl sites for hydroxylation is 4. The molecule has 0 radical (unpaired) electrons. The molecule has 2 aromatic carbocycles. The topological polar surface area (TPSA) is 138 Å². The number of methoxy groups -OCH3 is 1. The van der Waals surface area contributed by atoms with Crippen LogP contribution >= 0.6 is 0 Å². The predicted molar refractivity (Wildman–Crippen MR) is 218 cm³/mol. The fourth-order valence-corrected chi connectivity index (χ4v) is 12.1. The van der Waals surface area contributed by atoms with Gasteiger partial charge >= 0.3 is 24.3 Å². The molecule has 0 heterocycles. The second kappa shape index (κ2) is 17.3. The molecule has 0 aromatic heterocycles. The van der Waals surface area contributed by atoms with Gasteiger partial charge in [-0.15, -0.1) is 0 Å². The molecule has 11 heteroatoms. The van der Waals surface area contributed by atoms with Crippen LogP contribution in [-0.4, -0.2) is 56.3 Å². The number of ether oxygens (including phenoxy) is 5. The third-order valence-corrected chi connectivity index (χ3v) is 14.4. The predicted octanol–water partition coefficient (Wildman–Crippen LogP) is 10.5. The highest BCUT2D eigenvalue weighted by Crippen LogP contribution is 2.69. The number of anilines is 2. The molecule has 4 aliphatic rings. The van der Waals surface area contributed by atoms with Gasteiger partial charge in [0.15, 0.2) is 0 Å². The van der Waals surface area contributed by atoms with Crippen LogP contribution in [0.2, 0.25) is 0 Å². The number of nitrogens with one attached hydrogen (secondary N) is 2. The fourth-order valence-electron chi connectivity index (χ4n) is 12.1. The van der Waals surface area contributed by atoms with Gasteiger partial charge in [-0.2, -0.15) is 0 Å². The number of esters is 1. The van der Waals surface area contributed by atoms with Crippen LogP contribution in [0.1, 0.15) is 108 Å². The van der Waals surface area contributed by atoms with Gasteiger partial charge in [-0.05, 0) is 168 Å². The van der Waals surface area contributed by atoms with E-state index in [1.807, 2.05) is 52.0 Å². The largest absolute Gasteiger partial charge is 0.508 e. The smallest absolute Gasteiger partial charge is 0.469 e. The van der Waals surface area contributed by atoms with Crippen LogP contribution in [0, 0.1) is 74.0 Å². The Bertz CT molecular complexity index is 1770. The summed E-state index contributed by atoms with van der Waals surface area (Å²) in [6.07, 6.45) is 3.36. The molecule has 6 rings (SSSR count). The second-order valence-corrected chi connectivity index (χ2v) is 18.1. The third-order valence-electron chi connectivity index (χ3n) is 14.4. The number of fused-ring (bicyclic) bond motifs is 5. The van der Waals surface area contributed by atoms with E-state index in [2.05, 4.69) is 43.5 Å². The Hall–Kier alpha value is -4.28. The van der Waals surface area contributed by atoms with Crippen LogP contribution < -0.4 is 10.6 Å². The number of carbonyl (C=O) groups is 4. The number of benzene rings is 2. The summed E-state index contributed by atoms with van der Waals surface area (Å²) in [6.45, 7) is 16.8. The molecule has 2 amide bonds. The number of hydrogen-bond acceptors (Lipinski definition) is 9. The molecule has 312 valence electrons. The Labute approximate surface area is 338 Å². The van der Waals surface area contributed by atoms with E-state index in [0.29, 0.717) is 49.9 Å². The first-order chi connectivity index (χ1) is 27.0.